The lowest BCUT2D eigenvalue weighted by Crippen LogP contribution is -2.31. The molecule has 0 aliphatic heterocycles. The second-order valence-electron chi connectivity index (χ2n) is 5.62. The van der Waals surface area contributed by atoms with Crippen LogP contribution in [0.15, 0.2) is 59.5 Å². The SMILES string of the molecule is Cc1ccccc1CN(C)Cn1ncc2ccccc2c1=O. The number of benzene rings is 2. The van der Waals surface area contributed by atoms with Crippen molar-refractivity contribution in [3.8, 4) is 0 Å². The fourth-order valence-corrected chi connectivity index (χ4v) is 2.59. The highest BCUT2D eigenvalue weighted by molar-refractivity contribution is 5.80. The molecule has 4 heteroatoms. The zero-order chi connectivity index (χ0) is 15.5. The molecule has 0 saturated heterocycles. The summed E-state index contributed by atoms with van der Waals surface area (Å²) in [5.41, 5.74) is 2.47. The molecule has 0 radical (unpaired) electrons. The van der Waals surface area contributed by atoms with Crippen molar-refractivity contribution < 1.29 is 0 Å². The second-order valence-corrected chi connectivity index (χ2v) is 5.62. The Morgan fingerprint density at radius 2 is 1.82 bits per heavy atom. The zero-order valence-electron chi connectivity index (χ0n) is 12.9. The lowest BCUT2D eigenvalue weighted by atomic mass is 10.1. The van der Waals surface area contributed by atoms with Crippen molar-refractivity contribution in [2.45, 2.75) is 20.1 Å². The van der Waals surface area contributed by atoms with Crippen LogP contribution in [0.25, 0.3) is 10.8 Å². The average molecular weight is 293 g/mol. The molecular formula is C18H19N3O. The molecule has 2 aromatic carbocycles. The minimum absolute atomic E-state index is 0.0465. The summed E-state index contributed by atoms with van der Waals surface area (Å²) < 4.78 is 1.51. The highest BCUT2D eigenvalue weighted by Crippen LogP contribution is 2.10. The molecule has 1 aromatic heterocycles. The van der Waals surface area contributed by atoms with Crippen LogP contribution >= 0.6 is 0 Å². The van der Waals surface area contributed by atoms with Gasteiger partial charge >= 0.3 is 0 Å². The Bertz CT molecular complexity index is 854. The fourth-order valence-electron chi connectivity index (χ4n) is 2.59. The molecular weight excluding hydrogens is 274 g/mol. The van der Waals surface area contributed by atoms with Crippen molar-refractivity contribution in [1.29, 1.82) is 0 Å². The molecule has 0 spiro atoms. The first-order chi connectivity index (χ1) is 10.6. The number of rotatable bonds is 4. The van der Waals surface area contributed by atoms with E-state index in [4.69, 9.17) is 0 Å². The maximum absolute atomic E-state index is 12.5. The quantitative estimate of drug-likeness (QED) is 0.742. The fraction of sp³-hybridized carbons (Fsp3) is 0.222. The van der Waals surface area contributed by atoms with Gasteiger partial charge < -0.3 is 0 Å². The molecule has 0 fully saturated rings. The van der Waals surface area contributed by atoms with Crippen LogP contribution in [0, 0.1) is 6.92 Å². The van der Waals surface area contributed by atoms with E-state index in [0.29, 0.717) is 12.1 Å². The van der Waals surface area contributed by atoms with Gasteiger partial charge in [-0.15, -0.1) is 0 Å². The average Bonchev–Trinajstić information content (AvgIpc) is 2.53. The van der Waals surface area contributed by atoms with E-state index < -0.39 is 0 Å². The monoisotopic (exact) mass is 293 g/mol. The Morgan fingerprint density at radius 3 is 2.64 bits per heavy atom. The van der Waals surface area contributed by atoms with E-state index in [1.54, 1.807) is 6.20 Å². The number of nitrogens with zero attached hydrogens (tertiary/aromatic N) is 3. The summed E-state index contributed by atoms with van der Waals surface area (Å²) in [7, 11) is 2.00. The molecule has 0 amide bonds. The van der Waals surface area contributed by atoms with E-state index in [-0.39, 0.29) is 5.56 Å². The summed E-state index contributed by atoms with van der Waals surface area (Å²) in [5.74, 6) is 0. The van der Waals surface area contributed by atoms with Crippen LogP contribution in [0.5, 0.6) is 0 Å². The molecule has 0 aliphatic carbocycles. The standard InChI is InChI=1S/C18H19N3O/c1-14-7-3-4-9-16(14)12-20(2)13-21-18(22)17-10-6-5-8-15(17)11-19-21/h3-11H,12-13H2,1-2H3. The maximum Gasteiger partial charge on any atom is 0.275 e. The molecule has 4 nitrogen and oxygen atoms in total. The van der Waals surface area contributed by atoms with E-state index in [1.807, 2.05) is 43.4 Å². The molecule has 3 rings (SSSR count). The summed E-state index contributed by atoms with van der Waals surface area (Å²) in [4.78, 5) is 14.5. The van der Waals surface area contributed by atoms with Gasteiger partial charge in [0.1, 0.15) is 0 Å². The van der Waals surface area contributed by atoms with E-state index in [2.05, 4.69) is 29.1 Å². The van der Waals surface area contributed by atoms with Gasteiger partial charge in [-0.25, -0.2) is 4.68 Å². The van der Waals surface area contributed by atoms with Gasteiger partial charge in [-0.2, -0.15) is 5.10 Å². The van der Waals surface area contributed by atoms with E-state index in [9.17, 15) is 4.79 Å². The maximum atomic E-state index is 12.5. The Labute approximate surface area is 129 Å². The van der Waals surface area contributed by atoms with Gasteiger partial charge in [-0.3, -0.25) is 9.69 Å². The van der Waals surface area contributed by atoms with Gasteiger partial charge in [0.25, 0.3) is 5.56 Å². The van der Waals surface area contributed by atoms with E-state index in [1.165, 1.54) is 15.8 Å². The Hall–Kier alpha value is -2.46. The molecule has 0 atom stereocenters. The van der Waals surface area contributed by atoms with Crippen LogP contribution < -0.4 is 5.56 Å². The van der Waals surface area contributed by atoms with Crippen molar-refractivity contribution in [2.24, 2.45) is 0 Å². The summed E-state index contributed by atoms with van der Waals surface area (Å²) in [6.45, 7) is 3.36. The Balaban J connectivity index is 1.82. The molecule has 3 aromatic rings. The second kappa shape index (κ2) is 6.12. The Kier molecular flexibility index (Phi) is 4.02. The van der Waals surface area contributed by atoms with Gasteiger partial charge in [-0.1, -0.05) is 42.5 Å². The molecule has 0 aliphatic rings. The van der Waals surface area contributed by atoms with Crippen LogP contribution in [0.1, 0.15) is 11.1 Å². The summed E-state index contributed by atoms with van der Waals surface area (Å²) >= 11 is 0. The number of aromatic nitrogens is 2. The van der Waals surface area contributed by atoms with Crippen molar-refractivity contribution in [1.82, 2.24) is 14.7 Å². The van der Waals surface area contributed by atoms with Crippen molar-refractivity contribution in [3.63, 3.8) is 0 Å². The smallest absolute Gasteiger partial charge is 0.275 e. The molecule has 0 bridgehead atoms. The van der Waals surface area contributed by atoms with Crippen LogP contribution in [-0.2, 0) is 13.2 Å². The topological polar surface area (TPSA) is 38.1 Å². The first kappa shape index (κ1) is 14.5. The third-order valence-corrected chi connectivity index (χ3v) is 3.84. The highest BCUT2D eigenvalue weighted by atomic mass is 16.1. The minimum atomic E-state index is -0.0465. The molecule has 0 N–H and O–H groups in total. The lowest BCUT2D eigenvalue weighted by Gasteiger charge is -2.18. The number of hydrogen-bond donors (Lipinski definition) is 0. The third kappa shape index (κ3) is 2.92. The summed E-state index contributed by atoms with van der Waals surface area (Å²) in [5, 5.41) is 5.86. The van der Waals surface area contributed by atoms with Crippen LogP contribution in [-0.4, -0.2) is 21.7 Å². The zero-order valence-corrected chi connectivity index (χ0v) is 12.9. The first-order valence-corrected chi connectivity index (χ1v) is 7.33. The number of fused-ring (bicyclic) bond motifs is 1. The van der Waals surface area contributed by atoms with Crippen LogP contribution in [0.4, 0.5) is 0 Å². The van der Waals surface area contributed by atoms with Gasteiger partial charge in [0, 0.05) is 11.9 Å². The minimum Gasteiger partial charge on any atom is -0.283 e. The first-order valence-electron chi connectivity index (χ1n) is 7.33. The van der Waals surface area contributed by atoms with Gasteiger partial charge in [-0.05, 0) is 31.2 Å². The van der Waals surface area contributed by atoms with Crippen molar-refractivity contribution in [3.05, 3.63) is 76.2 Å². The molecule has 112 valence electrons. The Morgan fingerprint density at radius 1 is 1.09 bits per heavy atom. The molecule has 0 unspecified atom stereocenters. The number of hydrogen-bond acceptors (Lipinski definition) is 3. The van der Waals surface area contributed by atoms with Crippen molar-refractivity contribution >= 4 is 10.8 Å². The lowest BCUT2D eigenvalue weighted by molar-refractivity contribution is 0.240. The molecule has 1 heterocycles. The van der Waals surface area contributed by atoms with Crippen LogP contribution in [0.3, 0.4) is 0 Å². The molecule has 0 saturated carbocycles. The third-order valence-electron chi connectivity index (χ3n) is 3.84. The largest absolute Gasteiger partial charge is 0.283 e. The van der Waals surface area contributed by atoms with Gasteiger partial charge in [0.2, 0.25) is 0 Å². The normalized spacial score (nSPS) is 11.2. The van der Waals surface area contributed by atoms with Gasteiger partial charge in [0.05, 0.1) is 18.3 Å². The predicted octanol–water partition coefficient (Wildman–Crippen LogP) is 2.79. The highest BCUT2D eigenvalue weighted by Gasteiger charge is 2.07. The molecule has 22 heavy (non-hydrogen) atoms. The van der Waals surface area contributed by atoms with Crippen molar-refractivity contribution in [2.75, 3.05) is 7.05 Å². The number of aryl methyl sites for hydroxylation is 1. The van der Waals surface area contributed by atoms with E-state index >= 15 is 0 Å². The van der Waals surface area contributed by atoms with Crippen LogP contribution in [0.2, 0.25) is 0 Å². The summed E-state index contributed by atoms with van der Waals surface area (Å²) in [6.07, 6.45) is 1.75. The van der Waals surface area contributed by atoms with Gasteiger partial charge in [0.15, 0.2) is 0 Å². The summed E-state index contributed by atoms with van der Waals surface area (Å²) in [6, 6.07) is 15.8. The van der Waals surface area contributed by atoms with E-state index in [0.717, 1.165) is 11.9 Å². The predicted molar refractivity (Wildman–Crippen MR) is 88.6 cm³/mol.